The molecule has 3 rings (SSSR count). The van der Waals surface area contributed by atoms with Gasteiger partial charge in [0.15, 0.2) is 0 Å². The van der Waals surface area contributed by atoms with Crippen LogP contribution >= 0.6 is 0 Å². The third-order valence-electron chi connectivity index (χ3n) is 4.07. The molecule has 1 N–H and O–H groups in total. The number of anilines is 1. The van der Waals surface area contributed by atoms with E-state index in [1.165, 1.54) is 36.4 Å². The molecule has 2 heterocycles. The molecule has 0 bridgehead atoms. The fourth-order valence-electron chi connectivity index (χ4n) is 2.65. The Morgan fingerprint density at radius 3 is 2.64 bits per heavy atom. The quantitative estimate of drug-likeness (QED) is 0.395. The van der Waals surface area contributed by atoms with Crippen LogP contribution < -0.4 is 5.32 Å². The van der Waals surface area contributed by atoms with E-state index >= 15 is 0 Å². The first kappa shape index (κ1) is 19.0. The van der Waals surface area contributed by atoms with Crippen LogP contribution in [0.2, 0.25) is 0 Å². The molecule has 9 heteroatoms. The van der Waals surface area contributed by atoms with Crippen molar-refractivity contribution in [1.29, 1.82) is 0 Å². The lowest BCUT2D eigenvalue weighted by Crippen LogP contribution is -2.10. The highest BCUT2D eigenvalue weighted by Crippen LogP contribution is 2.21. The van der Waals surface area contributed by atoms with Crippen molar-refractivity contribution in [2.24, 2.45) is 0 Å². The maximum absolute atomic E-state index is 13.0. The van der Waals surface area contributed by atoms with Crippen molar-refractivity contribution in [2.75, 3.05) is 5.32 Å². The van der Waals surface area contributed by atoms with Crippen LogP contribution in [0.3, 0.4) is 0 Å². The first-order valence-electron chi connectivity index (χ1n) is 8.35. The van der Waals surface area contributed by atoms with Crippen molar-refractivity contribution in [2.45, 2.75) is 20.4 Å². The Balaban J connectivity index is 1.70. The Bertz CT molecular complexity index is 1050. The fraction of sp³-hybridized carbons (Fsp3) is 0.158. The van der Waals surface area contributed by atoms with Gasteiger partial charge in [0.2, 0.25) is 5.91 Å². The van der Waals surface area contributed by atoms with E-state index in [9.17, 15) is 19.3 Å². The van der Waals surface area contributed by atoms with Crippen molar-refractivity contribution < 1.29 is 18.5 Å². The number of aryl methyl sites for hydroxylation is 1. The van der Waals surface area contributed by atoms with Crippen LogP contribution in [-0.2, 0) is 11.3 Å². The Hall–Kier alpha value is -3.75. The van der Waals surface area contributed by atoms with E-state index in [4.69, 9.17) is 4.42 Å². The summed E-state index contributed by atoms with van der Waals surface area (Å²) >= 11 is 0. The molecule has 144 valence electrons. The minimum absolute atomic E-state index is 0.197. The molecule has 0 atom stereocenters. The number of nitro groups is 1. The zero-order chi connectivity index (χ0) is 20.3. The van der Waals surface area contributed by atoms with Gasteiger partial charge in [0.25, 0.3) is 0 Å². The molecule has 0 spiro atoms. The van der Waals surface area contributed by atoms with Crippen molar-refractivity contribution in [1.82, 2.24) is 9.78 Å². The van der Waals surface area contributed by atoms with E-state index in [-0.39, 0.29) is 11.6 Å². The van der Waals surface area contributed by atoms with Crippen molar-refractivity contribution in [3.8, 4) is 0 Å². The number of hydrogen-bond acceptors (Lipinski definition) is 5. The van der Waals surface area contributed by atoms with Gasteiger partial charge in [-0.15, -0.1) is 0 Å². The maximum Gasteiger partial charge on any atom is 0.433 e. The number of nitrogens with one attached hydrogen (secondary N) is 1. The molecule has 1 amide bonds. The molecule has 1 aromatic carbocycles. The van der Waals surface area contributed by atoms with Gasteiger partial charge in [-0.05, 0) is 43.7 Å². The van der Waals surface area contributed by atoms with E-state index in [1.807, 2.05) is 6.92 Å². The zero-order valence-electron chi connectivity index (χ0n) is 15.2. The number of aromatic nitrogens is 2. The molecule has 0 aliphatic heterocycles. The van der Waals surface area contributed by atoms with E-state index in [1.54, 1.807) is 23.7 Å². The highest BCUT2D eigenvalue weighted by molar-refractivity contribution is 6.02. The van der Waals surface area contributed by atoms with Crippen LogP contribution in [0.5, 0.6) is 0 Å². The number of nitrogens with zero attached hydrogens (tertiary/aromatic N) is 3. The topological polar surface area (TPSA) is 103 Å². The van der Waals surface area contributed by atoms with E-state index < -0.39 is 16.7 Å². The number of halogens is 1. The predicted molar refractivity (Wildman–Crippen MR) is 100 cm³/mol. The number of carbonyl (C=O) groups is 1. The molecule has 8 nitrogen and oxygen atoms in total. The number of carbonyl (C=O) groups excluding carboxylic acids is 1. The lowest BCUT2D eigenvalue weighted by atomic mass is 10.2. The second kappa shape index (κ2) is 7.87. The summed E-state index contributed by atoms with van der Waals surface area (Å²) in [6.45, 7) is 4.02. The van der Waals surface area contributed by atoms with Crippen molar-refractivity contribution in [3.05, 3.63) is 81.1 Å². The first-order chi connectivity index (χ1) is 13.3. The average Bonchev–Trinajstić information content (AvgIpc) is 3.23. The largest absolute Gasteiger partial charge is 0.433 e. The molecular formula is C19H17FN4O4. The second-order valence-electron chi connectivity index (χ2n) is 6.09. The van der Waals surface area contributed by atoms with Gasteiger partial charge in [-0.25, -0.2) is 4.39 Å². The van der Waals surface area contributed by atoms with Crippen molar-refractivity contribution >= 4 is 23.6 Å². The summed E-state index contributed by atoms with van der Waals surface area (Å²) in [6.07, 6.45) is 2.56. The lowest BCUT2D eigenvalue weighted by molar-refractivity contribution is -0.402. The summed E-state index contributed by atoms with van der Waals surface area (Å²) in [7, 11) is 0. The number of amides is 1. The summed E-state index contributed by atoms with van der Waals surface area (Å²) in [6, 6.07) is 8.73. The Morgan fingerprint density at radius 2 is 2.00 bits per heavy atom. The van der Waals surface area contributed by atoms with Crippen LogP contribution in [0, 0.1) is 29.8 Å². The molecule has 0 aliphatic rings. The zero-order valence-corrected chi connectivity index (χ0v) is 15.2. The van der Waals surface area contributed by atoms with Crippen molar-refractivity contribution in [3.63, 3.8) is 0 Å². The highest BCUT2D eigenvalue weighted by atomic mass is 19.1. The van der Waals surface area contributed by atoms with E-state index in [2.05, 4.69) is 10.4 Å². The lowest BCUT2D eigenvalue weighted by Gasteiger charge is -2.06. The summed E-state index contributed by atoms with van der Waals surface area (Å²) < 4.78 is 19.7. The number of benzene rings is 1. The number of furan rings is 1. The van der Waals surface area contributed by atoms with Crippen LogP contribution in [0.4, 0.5) is 16.0 Å². The maximum atomic E-state index is 13.0. The summed E-state index contributed by atoms with van der Waals surface area (Å²) in [5, 5.41) is 17.8. The van der Waals surface area contributed by atoms with Gasteiger partial charge < -0.3 is 9.73 Å². The standard InChI is InChI=1S/C19H17FN4O4/c1-12-19(13(2)23(22-12)11-14-3-5-15(20)6-4-14)21-17(25)9-7-16-8-10-18(28-16)24(26)27/h3-10H,11H2,1-2H3,(H,21,25)/b9-7+. The van der Waals surface area contributed by atoms with E-state index in [0.29, 0.717) is 17.9 Å². The highest BCUT2D eigenvalue weighted by Gasteiger charge is 2.14. The molecule has 28 heavy (non-hydrogen) atoms. The summed E-state index contributed by atoms with van der Waals surface area (Å²) in [5.41, 5.74) is 2.83. The SMILES string of the molecule is Cc1nn(Cc2ccc(F)cc2)c(C)c1NC(=O)/C=C/c1ccc([N+](=O)[O-])o1. The van der Waals surface area contributed by atoms with Gasteiger partial charge in [-0.1, -0.05) is 12.1 Å². The average molecular weight is 384 g/mol. The molecule has 0 aliphatic carbocycles. The second-order valence-corrected chi connectivity index (χ2v) is 6.09. The van der Waals surface area contributed by atoms with Crippen LogP contribution in [0.15, 0.2) is 46.9 Å². The van der Waals surface area contributed by atoms with Gasteiger partial charge in [0.05, 0.1) is 29.7 Å². The minimum atomic E-state index is -0.653. The fourth-order valence-corrected chi connectivity index (χ4v) is 2.65. The normalized spacial score (nSPS) is 11.1. The smallest absolute Gasteiger partial charge is 0.401 e. The minimum Gasteiger partial charge on any atom is -0.401 e. The van der Waals surface area contributed by atoms with Crippen LogP contribution in [0.1, 0.15) is 22.7 Å². The van der Waals surface area contributed by atoms with Gasteiger partial charge in [-0.2, -0.15) is 5.10 Å². The van der Waals surface area contributed by atoms with E-state index in [0.717, 1.165) is 11.3 Å². The Morgan fingerprint density at radius 1 is 1.29 bits per heavy atom. The third-order valence-corrected chi connectivity index (χ3v) is 4.07. The van der Waals surface area contributed by atoms with Crippen LogP contribution in [0.25, 0.3) is 6.08 Å². The van der Waals surface area contributed by atoms with Gasteiger partial charge in [0, 0.05) is 6.08 Å². The van der Waals surface area contributed by atoms with Gasteiger partial charge in [-0.3, -0.25) is 19.6 Å². The Labute approximate surface area is 159 Å². The third kappa shape index (κ3) is 4.32. The molecule has 3 aromatic rings. The molecule has 0 fully saturated rings. The molecule has 0 saturated carbocycles. The molecular weight excluding hydrogens is 367 g/mol. The number of hydrogen-bond donors (Lipinski definition) is 1. The number of rotatable bonds is 6. The molecule has 0 unspecified atom stereocenters. The van der Waals surface area contributed by atoms with Gasteiger partial charge in [0.1, 0.15) is 16.5 Å². The monoisotopic (exact) mass is 384 g/mol. The molecule has 0 saturated heterocycles. The Kier molecular flexibility index (Phi) is 5.35. The summed E-state index contributed by atoms with van der Waals surface area (Å²) in [4.78, 5) is 22.1. The molecule has 0 radical (unpaired) electrons. The first-order valence-corrected chi connectivity index (χ1v) is 8.35. The summed E-state index contributed by atoms with van der Waals surface area (Å²) in [5.74, 6) is -0.929. The molecule has 2 aromatic heterocycles. The van der Waals surface area contributed by atoms with Crippen LogP contribution in [-0.4, -0.2) is 20.6 Å². The predicted octanol–water partition coefficient (Wildman–Crippen LogP) is 3.84. The van der Waals surface area contributed by atoms with Gasteiger partial charge >= 0.3 is 5.88 Å².